The monoisotopic (exact) mass is 127 g/mol. The third kappa shape index (κ3) is 1.10. The first-order valence-corrected chi connectivity index (χ1v) is 2.36. The number of rotatable bonds is 1. The molecule has 0 unspecified atom stereocenters. The van der Waals surface area contributed by atoms with Gasteiger partial charge >= 0.3 is 5.97 Å². The second-order valence-electron chi connectivity index (χ2n) is 1.43. The van der Waals surface area contributed by atoms with Crippen molar-refractivity contribution in [1.29, 1.82) is 0 Å². The summed E-state index contributed by atoms with van der Waals surface area (Å²) in [6, 6.07) is 0. The van der Waals surface area contributed by atoms with E-state index in [4.69, 9.17) is 0 Å². The first kappa shape index (κ1) is 5.87. The molecule has 5 heteroatoms. The van der Waals surface area contributed by atoms with Gasteiger partial charge in [-0.1, -0.05) is 0 Å². The van der Waals surface area contributed by atoms with Crippen LogP contribution in [0.2, 0.25) is 0 Å². The van der Waals surface area contributed by atoms with Gasteiger partial charge in [0.05, 0.1) is 7.11 Å². The molecule has 0 saturated heterocycles. The first-order chi connectivity index (χ1) is 4.34. The Morgan fingerprint density at radius 3 is 3.00 bits per heavy atom. The molecule has 0 fully saturated rings. The van der Waals surface area contributed by atoms with Crippen LogP contribution in [0.5, 0.6) is 0 Å². The van der Waals surface area contributed by atoms with Gasteiger partial charge in [0.15, 0.2) is 5.71 Å². The molecule has 0 atom stereocenters. The maximum absolute atomic E-state index is 10.5. The third-order valence-electron chi connectivity index (χ3n) is 0.870. The van der Waals surface area contributed by atoms with Gasteiger partial charge in [0, 0.05) is 0 Å². The molecule has 0 N–H and O–H groups in total. The molecular formula is C4H5N3O2. The van der Waals surface area contributed by atoms with Crippen LogP contribution in [0, 0.1) is 0 Å². The van der Waals surface area contributed by atoms with Gasteiger partial charge in [-0.3, -0.25) is 0 Å². The van der Waals surface area contributed by atoms with Crippen molar-refractivity contribution in [2.75, 3.05) is 13.7 Å². The lowest BCUT2D eigenvalue weighted by atomic mass is 10.4. The molecular weight excluding hydrogens is 122 g/mol. The minimum atomic E-state index is -0.458. The van der Waals surface area contributed by atoms with Crippen LogP contribution in [-0.2, 0) is 9.53 Å². The van der Waals surface area contributed by atoms with Gasteiger partial charge in [0.2, 0.25) is 0 Å². The molecule has 1 rings (SSSR count). The van der Waals surface area contributed by atoms with Crippen LogP contribution in [0.1, 0.15) is 0 Å². The van der Waals surface area contributed by atoms with Crippen LogP contribution >= 0.6 is 0 Å². The van der Waals surface area contributed by atoms with E-state index in [0.717, 1.165) is 0 Å². The number of carbonyl (C=O) groups is 1. The molecule has 5 nitrogen and oxygen atoms in total. The Morgan fingerprint density at radius 1 is 1.78 bits per heavy atom. The zero-order valence-electron chi connectivity index (χ0n) is 4.87. The highest BCUT2D eigenvalue weighted by Gasteiger charge is 2.13. The van der Waals surface area contributed by atoms with Gasteiger partial charge in [0.25, 0.3) is 0 Å². The number of carbonyl (C=O) groups excluding carboxylic acids is 1. The zero-order valence-corrected chi connectivity index (χ0v) is 4.87. The van der Waals surface area contributed by atoms with Gasteiger partial charge in [-0.05, 0) is 5.22 Å². The summed E-state index contributed by atoms with van der Waals surface area (Å²) in [6.45, 7) is 0.243. The average molecular weight is 127 g/mol. The number of methoxy groups -OCH3 is 1. The van der Waals surface area contributed by atoms with Crippen molar-refractivity contribution in [3.05, 3.63) is 0 Å². The van der Waals surface area contributed by atoms with Crippen LogP contribution in [0.4, 0.5) is 0 Å². The Balaban J connectivity index is 2.55. The van der Waals surface area contributed by atoms with E-state index in [1.807, 2.05) is 0 Å². The summed E-state index contributed by atoms with van der Waals surface area (Å²) in [5.41, 5.74) is 0.262. The van der Waals surface area contributed by atoms with Crippen molar-refractivity contribution in [3.8, 4) is 0 Å². The van der Waals surface area contributed by atoms with Crippen LogP contribution < -0.4 is 0 Å². The molecule has 0 spiro atoms. The molecule has 0 saturated carbocycles. The van der Waals surface area contributed by atoms with Crippen LogP contribution in [0.3, 0.4) is 0 Å². The highest BCUT2D eigenvalue weighted by Crippen LogP contribution is 1.94. The van der Waals surface area contributed by atoms with Gasteiger partial charge < -0.3 is 4.74 Å². The quantitative estimate of drug-likeness (QED) is 0.464. The topological polar surface area (TPSA) is 63.4 Å². The maximum Gasteiger partial charge on any atom is 0.356 e. The van der Waals surface area contributed by atoms with Gasteiger partial charge in [-0.15, -0.1) is 5.10 Å². The number of ether oxygens (including phenoxy) is 1. The number of hydrogen-bond acceptors (Lipinski definition) is 5. The Hall–Kier alpha value is -1.26. The van der Waals surface area contributed by atoms with Crippen molar-refractivity contribution in [1.82, 2.24) is 0 Å². The molecule has 1 aliphatic heterocycles. The van der Waals surface area contributed by atoms with E-state index >= 15 is 0 Å². The Labute approximate surface area is 51.4 Å². The first-order valence-electron chi connectivity index (χ1n) is 2.36. The summed E-state index contributed by atoms with van der Waals surface area (Å²) >= 11 is 0. The fraction of sp³-hybridized carbons (Fsp3) is 0.500. The maximum atomic E-state index is 10.5. The van der Waals surface area contributed by atoms with E-state index in [0.29, 0.717) is 0 Å². The third-order valence-corrected chi connectivity index (χ3v) is 0.870. The summed E-state index contributed by atoms with van der Waals surface area (Å²) in [4.78, 5) is 10.5. The minimum Gasteiger partial charge on any atom is -0.464 e. The lowest BCUT2D eigenvalue weighted by molar-refractivity contribution is -0.132. The average Bonchev–Trinajstić information content (AvgIpc) is 2.37. The van der Waals surface area contributed by atoms with E-state index < -0.39 is 5.97 Å². The zero-order chi connectivity index (χ0) is 6.69. The molecule has 0 bridgehead atoms. The molecule has 0 aromatic heterocycles. The van der Waals surface area contributed by atoms with Crippen molar-refractivity contribution in [2.24, 2.45) is 15.4 Å². The predicted octanol–water partition coefficient (Wildman–Crippen LogP) is -0.0188. The van der Waals surface area contributed by atoms with Gasteiger partial charge in [0.1, 0.15) is 6.54 Å². The summed E-state index contributed by atoms with van der Waals surface area (Å²) in [5.74, 6) is -0.458. The van der Waals surface area contributed by atoms with Crippen molar-refractivity contribution in [3.63, 3.8) is 0 Å². The summed E-state index contributed by atoms with van der Waals surface area (Å²) in [5, 5.41) is 10.1. The lowest BCUT2D eigenvalue weighted by Gasteiger charge is -1.91. The van der Waals surface area contributed by atoms with E-state index in [9.17, 15) is 4.79 Å². The molecule has 0 aliphatic carbocycles. The smallest absolute Gasteiger partial charge is 0.356 e. The van der Waals surface area contributed by atoms with E-state index in [-0.39, 0.29) is 12.3 Å². The minimum absolute atomic E-state index is 0.243. The predicted molar refractivity (Wildman–Crippen MR) is 29.2 cm³/mol. The van der Waals surface area contributed by atoms with Crippen LogP contribution in [0.25, 0.3) is 0 Å². The second kappa shape index (κ2) is 2.34. The summed E-state index contributed by atoms with van der Waals surface area (Å²) < 4.78 is 4.34. The van der Waals surface area contributed by atoms with E-state index in [1.54, 1.807) is 0 Å². The van der Waals surface area contributed by atoms with Crippen LogP contribution in [-0.4, -0.2) is 25.3 Å². The Morgan fingerprint density at radius 2 is 2.56 bits per heavy atom. The standard InChI is InChI=1S/C4H5N3O2/c1-9-4(8)3-2-5-7-6-3/h2H2,1H3. The molecule has 9 heavy (non-hydrogen) atoms. The highest BCUT2D eigenvalue weighted by atomic mass is 16.5. The Bertz CT molecular complexity index is 184. The van der Waals surface area contributed by atoms with Crippen LogP contribution in [0.15, 0.2) is 15.4 Å². The normalized spacial score (nSPS) is 15.4. The fourth-order valence-corrected chi connectivity index (χ4v) is 0.439. The molecule has 48 valence electrons. The number of nitrogens with zero attached hydrogens (tertiary/aromatic N) is 3. The molecule has 1 aliphatic rings. The summed E-state index contributed by atoms with van der Waals surface area (Å²) in [6.07, 6.45) is 0. The number of hydrogen-bond donors (Lipinski definition) is 0. The molecule has 0 aromatic carbocycles. The molecule has 0 radical (unpaired) electrons. The van der Waals surface area contributed by atoms with Crippen molar-refractivity contribution >= 4 is 11.7 Å². The Kier molecular flexibility index (Phi) is 1.53. The largest absolute Gasteiger partial charge is 0.464 e. The molecule has 0 amide bonds. The lowest BCUT2D eigenvalue weighted by Crippen LogP contribution is -2.16. The van der Waals surface area contributed by atoms with E-state index in [1.165, 1.54) is 7.11 Å². The van der Waals surface area contributed by atoms with Crippen molar-refractivity contribution in [2.45, 2.75) is 0 Å². The van der Waals surface area contributed by atoms with Gasteiger partial charge in [-0.25, -0.2) is 4.79 Å². The summed E-state index contributed by atoms with van der Waals surface area (Å²) in [7, 11) is 1.29. The molecule has 0 aromatic rings. The second-order valence-corrected chi connectivity index (χ2v) is 1.43. The highest BCUT2D eigenvalue weighted by molar-refractivity contribution is 6.37. The number of esters is 1. The van der Waals surface area contributed by atoms with Gasteiger partial charge in [-0.2, -0.15) is 5.11 Å². The SMILES string of the molecule is COC(=O)C1=NN=NC1. The fourth-order valence-electron chi connectivity index (χ4n) is 0.439. The van der Waals surface area contributed by atoms with E-state index in [2.05, 4.69) is 20.2 Å². The molecule has 1 heterocycles. The van der Waals surface area contributed by atoms with Crippen molar-refractivity contribution < 1.29 is 9.53 Å².